The molecule has 0 aliphatic heterocycles. The molecule has 1 aromatic carbocycles. The fourth-order valence-electron chi connectivity index (χ4n) is 2.25. The second-order valence-electron chi connectivity index (χ2n) is 5.83. The van der Waals surface area contributed by atoms with Crippen LogP contribution in [-0.4, -0.2) is 36.7 Å². The number of ketones is 1. The lowest BCUT2D eigenvalue weighted by Gasteiger charge is -2.07. The Morgan fingerprint density at radius 1 is 1.18 bits per heavy atom. The number of carbonyl (C=O) groups excluding carboxylic acids is 4. The van der Waals surface area contributed by atoms with Gasteiger partial charge in [0, 0.05) is 36.5 Å². The van der Waals surface area contributed by atoms with Crippen molar-refractivity contribution in [2.24, 2.45) is 0 Å². The molecule has 7 nitrogen and oxygen atoms in total. The van der Waals surface area contributed by atoms with Crippen LogP contribution in [0.4, 0.5) is 10.1 Å². The van der Waals surface area contributed by atoms with Gasteiger partial charge in [0.2, 0.25) is 11.7 Å². The van der Waals surface area contributed by atoms with E-state index in [0.29, 0.717) is 12.0 Å². The highest BCUT2D eigenvalue weighted by Crippen LogP contribution is 2.15. The van der Waals surface area contributed by atoms with E-state index in [2.05, 4.69) is 10.6 Å². The van der Waals surface area contributed by atoms with Gasteiger partial charge in [-0.1, -0.05) is 0 Å². The highest BCUT2D eigenvalue weighted by atomic mass is 32.1. The van der Waals surface area contributed by atoms with Crippen molar-refractivity contribution in [3.8, 4) is 0 Å². The summed E-state index contributed by atoms with van der Waals surface area (Å²) >= 11 is 1.41. The van der Waals surface area contributed by atoms with Crippen molar-refractivity contribution in [2.45, 2.75) is 19.8 Å². The monoisotopic (exact) mass is 406 g/mol. The molecule has 0 fully saturated rings. The Labute approximate surface area is 164 Å². The lowest BCUT2D eigenvalue weighted by molar-refractivity contribution is -0.142. The molecule has 28 heavy (non-hydrogen) atoms. The van der Waals surface area contributed by atoms with E-state index in [0.717, 1.165) is 6.07 Å². The maximum atomic E-state index is 14.0. The van der Waals surface area contributed by atoms with Gasteiger partial charge in [-0.05, 0) is 36.1 Å². The first-order chi connectivity index (χ1) is 13.4. The van der Waals surface area contributed by atoms with Crippen LogP contribution < -0.4 is 10.6 Å². The molecule has 0 bridgehead atoms. The minimum atomic E-state index is -0.816. The van der Waals surface area contributed by atoms with Crippen LogP contribution in [0.5, 0.6) is 0 Å². The molecule has 0 atom stereocenters. The first-order valence-corrected chi connectivity index (χ1v) is 9.37. The molecule has 2 aromatic rings. The van der Waals surface area contributed by atoms with Crippen molar-refractivity contribution in [1.29, 1.82) is 0 Å². The van der Waals surface area contributed by atoms with Gasteiger partial charge in [-0.3, -0.25) is 19.2 Å². The van der Waals surface area contributed by atoms with Crippen molar-refractivity contribution >= 4 is 40.6 Å². The van der Waals surface area contributed by atoms with Gasteiger partial charge in [-0.2, -0.15) is 11.3 Å². The summed E-state index contributed by atoms with van der Waals surface area (Å²) in [5.74, 6) is -2.70. The number of amides is 2. The van der Waals surface area contributed by atoms with E-state index in [9.17, 15) is 23.6 Å². The number of hydrogen-bond donors (Lipinski definition) is 2. The van der Waals surface area contributed by atoms with Crippen molar-refractivity contribution in [3.05, 3.63) is 52.0 Å². The molecule has 1 aromatic heterocycles. The SMILES string of the molecule is CC(=O)Nc1ccc(C(=O)COC(=O)CCCNC(=O)c2ccsc2)c(F)c1. The number of rotatable bonds is 9. The van der Waals surface area contributed by atoms with Crippen LogP contribution in [0.15, 0.2) is 35.0 Å². The minimum absolute atomic E-state index is 0.0150. The highest BCUT2D eigenvalue weighted by molar-refractivity contribution is 7.08. The molecule has 9 heteroatoms. The molecular formula is C19H19FN2O5S. The van der Waals surface area contributed by atoms with Crippen LogP contribution in [-0.2, 0) is 14.3 Å². The zero-order valence-corrected chi connectivity index (χ0v) is 15.9. The van der Waals surface area contributed by atoms with Gasteiger partial charge in [0.25, 0.3) is 5.91 Å². The summed E-state index contributed by atoms with van der Waals surface area (Å²) in [7, 11) is 0. The average Bonchev–Trinajstić information content (AvgIpc) is 3.17. The number of nitrogens with one attached hydrogen (secondary N) is 2. The summed E-state index contributed by atoms with van der Waals surface area (Å²) in [6.45, 7) is 0.984. The van der Waals surface area contributed by atoms with E-state index in [4.69, 9.17) is 4.74 Å². The fraction of sp³-hybridized carbons (Fsp3) is 0.263. The number of esters is 1. The number of Topliss-reactive ketones (excluding diaryl/α,β-unsaturated/α-hetero) is 1. The third-order valence-electron chi connectivity index (χ3n) is 3.58. The number of thiophene rings is 1. The van der Waals surface area contributed by atoms with Crippen LogP contribution in [0.3, 0.4) is 0 Å². The zero-order valence-electron chi connectivity index (χ0n) is 15.1. The number of ether oxygens (including phenoxy) is 1. The van der Waals surface area contributed by atoms with Crippen molar-refractivity contribution in [1.82, 2.24) is 5.32 Å². The summed E-state index contributed by atoms with van der Waals surface area (Å²) in [6, 6.07) is 5.32. The van der Waals surface area contributed by atoms with E-state index < -0.39 is 24.2 Å². The zero-order chi connectivity index (χ0) is 20.5. The van der Waals surface area contributed by atoms with Crippen molar-refractivity contribution < 1.29 is 28.3 Å². The van der Waals surface area contributed by atoms with Gasteiger partial charge >= 0.3 is 5.97 Å². The maximum absolute atomic E-state index is 14.0. The topological polar surface area (TPSA) is 102 Å². The van der Waals surface area contributed by atoms with Gasteiger partial charge in [0.1, 0.15) is 5.82 Å². The lowest BCUT2D eigenvalue weighted by Crippen LogP contribution is -2.24. The Morgan fingerprint density at radius 2 is 1.96 bits per heavy atom. The van der Waals surface area contributed by atoms with Crippen molar-refractivity contribution in [2.75, 3.05) is 18.5 Å². The molecule has 2 rings (SSSR count). The van der Waals surface area contributed by atoms with E-state index in [-0.39, 0.29) is 36.0 Å². The average molecular weight is 406 g/mol. The Morgan fingerprint density at radius 3 is 2.61 bits per heavy atom. The van der Waals surface area contributed by atoms with Crippen molar-refractivity contribution in [3.63, 3.8) is 0 Å². The van der Waals surface area contributed by atoms with E-state index in [1.165, 1.54) is 30.4 Å². The summed E-state index contributed by atoms with van der Waals surface area (Å²) in [4.78, 5) is 46.3. The van der Waals surface area contributed by atoms with Gasteiger partial charge in [-0.25, -0.2) is 4.39 Å². The van der Waals surface area contributed by atoms with Crippen LogP contribution in [0.1, 0.15) is 40.5 Å². The number of anilines is 1. The third kappa shape index (κ3) is 6.58. The molecule has 2 amide bonds. The molecule has 0 aliphatic rings. The van der Waals surface area contributed by atoms with Crippen LogP contribution >= 0.6 is 11.3 Å². The Kier molecular flexibility index (Phi) is 7.82. The van der Waals surface area contributed by atoms with Gasteiger partial charge in [0.05, 0.1) is 5.56 Å². The number of carbonyl (C=O) groups is 4. The third-order valence-corrected chi connectivity index (χ3v) is 4.26. The van der Waals surface area contributed by atoms with Gasteiger partial charge in [0.15, 0.2) is 6.61 Å². The molecule has 0 unspecified atom stereocenters. The Hall–Kier alpha value is -3.07. The van der Waals surface area contributed by atoms with Gasteiger partial charge in [-0.15, -0.1) is 0 Å². The second-order valence-corrected chi connectivity index (χ2v) is 6.61. The predicted molar refractivity (Wildman–Crippen MR) is 102 cm³/mol. The normalized spacial score (nSPS) is 10.2. The summed E-state index contributed by atoms with van der Waals surface area (Å²) in [5, 5.41) is 8.58. The Bertz CT molecular complexity index is 867. The Balaban J connectivity index is 1.71. The summed E-state index contributed by atoms with van der Waals surface area (Å²) in [5.41, 5.74) is 0.553. The molecule has 148 valence electrons. The highest BCUT2D eigenvalue weighted by Gasteiger charge is 2.15. The summed E-state index contributed by atoms with van der Waals surface area (Å²) < 4.78 is 18.8. The molecule has 0 spiro atoms. The molecule has 0 saturated carbocycles. The van der Waals surface area contributed by atoms with Crippen LogP contribution in [0.25, 0.3) is 0 Å². The predicted octanol–water partition coefficient (Wildman–Crippen LogP) is 2.78. The first-order valence-electron chi connectivity index (χ1n) is 8.43. The summed E-state index contributed by atoms with van der Waals surface area (Å²) in [6.07, 6.45) is 0.365. The molecule has 0 aliphatic carbocycles. The minimum Gasteiger partial charge on any atom is -0.457 e. The molecule has 2 N–H and O–H groups in total. The van der Waals surface area contributed by atoms with E-state index in [1.54, 1.807) is 16.8 Å². The largest absolute Gasteiger partial charge is 0.457 e. The molecular weight excluding hydrogens is 387 g/mol. The first kappa shape index (κ1) is 21.2. The second kappa shape index (κ2) is 10.3. The quantitative estimate of drug-likeness (QED) is 0.379. The van der Waals surface area contributed by atoms with Crippen LogP contribution in [0.2, 0.25) is 0 Å². The number of benzene rings is 1. The molecule has 1 heterocycles. The lowest BCUT2D eigenvalue weighted by atomic mass is 10.1. The van der Waals surface area contributed by atoms with Crippen LogP contribution in [0, 0.1) is 5.82 Å². The maximum Gasteiger partial charge on any atom is 0.306 e. The molecule has 0 saturated heterocycles. The number of hydrogen-bond acceptors (Lipinski definition) is 6. The standard InChI is InChI=1S/C19H19FN2O5S/c1-12(23)22-14-4-5-15(16(20)9-14)17(24)10-27-18(25)3-2-7-21-19(26)13-6-8-28-11-13/h4-6,8-9,11H,2-3,7,10H2,1H3,(H,21,26)(H,22,23). The molecule has 0 radical (unpaired) electrons. The van der Waals surface area contributed by atoms with E-state index in [1.807, 2.05) is 0 Å². The smallest absolute Gasteiger partial charge is 0.306 e. The van der Waals surface area contributed by atoms with E-state index >= 15 is 0 Å². The number of halogens is 1. The van der Waals surface area contributed by atoms with Gasteiger partial charge < -0.3 is 15.4 Å². The fourth-order valence-corrected chi connectivity index (χ4v) is 2.88.